The number of carbonyl (C=O) groups is 2. The molecular weight excluding hydrogens is 246 g/mol. The van der Waals surface area contributed by atoms with Crippen LogP contribution in [-0.2, 0) is 14.0 Å². The van der Waals surface area contributed by atoms with Crippen molar-refractivity contribution in [3.05, 3.63) is 0 Å². The Balaban J connectivity index is 2.74. The number of nitrogens with one attached hydrogen (secondary N) is 1. The number of hydrogen-bond acceptors (Lipinski definition) is 3. The van der Waals surface area contributed by atoms with Crippen molar-refractivity contribution in [2.45, 2.75) is 64.9 Å². The zero-order chi connectivity index (χ0) is 14.3. The van der Waals surface area contributed by atoms with Crippen LogP contribution in [0.3, 0.4) is 0 Å². The Morgan fingerprint density at radius 1 is 1.39 bits per heavy atom. The fraction of sp³-hybridized carbons (Fsp3) is 0.846. The van der Waals surface area contributed by atoms with Gasteiger partial charge in [-0.2, -0.15) is 0 Å². The van der Waals surface area contributed by atoms with Gasteiger partial charge in [0.2, 0.25) is 5.91 Å². The largest absolute Gasteiger partial charge is 0.413 e. The van der Waals surface area contributed by atoms with E-state index in [0.29, 0.717) is 0 Å². The van der Waals surface area contributed by atoms with Gasteiger partial charge in [0.05, 0.1) is 12.0 Å². The van der Waals surface area contributed by atoms with Gasteiger partial charge in [-0.25, -0.2) is 0 Å². The van der Waals surface area contributed by atoms with Gasteiger partial charge in [-0.15, -0.1) is 0 Å². The van der Waals surface area contributed by atoms with E-state index in [0.717, 1.165) is 0 Å². The molecule has 4 nitrogen and oxygen atoms in total. The quantitative estimate of drug-likeness (QED) is 0.629. The molecule has 0 bridgehead atoms. The van der Waals surface area contributed by atoms with Gasteiger partial charge in [-0.3, -0.25) is 9.59 Å². The highest BCUT2D eigenvalue weighted by molar-refractivity contribution is 6.74. The van der Waals surface area contributed by atoms with Gasteiger partial charge in [-0.1, -0.05) is 20.8 Å². The zero-order valence-electron chi connectivity index (χ0n) is 12.5. The van der Waals surface area contributed by atoms with Crippen LogP contribution < -0.4 is 5.32 Å². The Bertz CT molecular complexity index is 360. The van der Waals surface area contributed by atoms with Gasteiger partial charge in [-0.05, 0) is 32.0 Å². The van der Waals surface area contributed by atoms with Gasteiger partial charge in [0.25, 0.3) is 0 Å². The second-order valence-electron chi connectivity index (χ2n) is 6.71. The second-order valence-corrected chi connectivity index (χ2v) is 11.5. The molecule has 0 saturated carbocycles. The summed E-state index contributed by atoms with van der Waals surface area (Å²) in [5, 5.41) is 2.75. The summed E-state index contributed by atoms with van der Waals surface area (Å²) in [6, 6.07) is -0.364. The lowest BCUT2D eigenvalue weighted by molar-refractivity contribution is -0.146. The molecule has 0 aromatic rings. The van der Waals surface area contributed by atoms with E-state index in [1.807, 2.05) is 6.92 Å². The van der Waals surface area contributed by atoms with Gasteiger partial charge in [0.15, 0.2) is 14.1 Å². The molecule has 1 aliphatic heterocycles. The minimum Gasteiger partial charge on any atom is -0.413 e. The lowest BCUT2D eigenvalue weighted by atomic mass is 9.84. The predicted molar refractivity (Wildman–Crippen MR) is 73.8 cm³/mol. The number of β-lactam (4-membered cyclic amide) rings is 1. The number of carbonyl (C=O) groups excluding carboxylic acids is 2. The van der Waals surface area contributed by atoms with Crippen molar-refractivity contribution in [2.24, 2.45) is 5.92 Å². The van der Waals surface area contributed by atoms with Crippen molar-refractivity contribution < 1.29 is 14.0 Å². The summed E-state index contributed by atoms with van der Waals surface area (Å²) < 4.78 is 6.18. The zero-order valence-corrected chi connectivity index (χ0v) is 13.5. The molecule has 104 valence electrons. The van der Waals surface area contributed by atoms with Crippen LogP contribution in [-0.4, -0.2) is 32.2 Å². The molecule has 1 fully saturated rings. The molecule has 0 aliphatic carbocycles. The molecule has 18 heavy (non-hydrogen) atoms. The highest BCUT2D eigenvalue weighted by atomic mass is 28.4. The van der Waals surface area contributed by atoms with Crippen molar-refractivity contribution in [1.82, 2.24) is 5.32 Å². The summed E-state index contributed by atoms with van der Waals surface area (Å²) in [7, 11) is -1.90. The van der Waals surface area contributed by atoms with Crippen LogP contribution in [0, 0.1) is 5.92 Å². The van der Waals surface area contributed by atoms with Crippen molar-refractivity contribution in [2.75, 3.05) is 0 Å². The summed E-state index contributed by atoms with van der Waals surface area (Å²) in [6.45, 7) is 14.2. The van der Waals surface area contributed by atoms with E-state index in [1.165, 1.54) is 6.92 Å². The monoisotopic (exact) mass is 271 g/mol. The van der Waals surface area contributed by atoms with E-state index in [-0.39, 0.29) is 34.8 Å². The molecule has 0 aromatic carbocycles. The lowest BCUT2D eigenvalue weighted by Gasteiger charge is -2.44. The highest BCUT2D eigenvalue weighted by Crippen LogP contribution is 2.38. The van der Waals surface area contributed by atoms with Crippen LogP contribution in [0.1, 0.15) is 34.6 Å². The van der Waals surface area contributed by atoms with E-state index in [2.05, 4.69) is 39.2 Å². The second kappa shape index (κ2) is 4.77. The standard InChI is InChI=1S/C13H25NO3Si/c1-8(15)11-10(12(16)14-11)9(2)17-18(6,7)13(3,4)5/h9-11H,1-7H3,(H,14,16)/t9?,10-,11-/m1/s1. The number of amides is 1. The van der Waals surface area contributed by atoms with E-state index < -0.39 is 8.32 Å². The topological polar surface area (TPSA) is 55.4 Å². The number of rotatable bonds is 4. The predicted octanol–water partition coefficient (Wildman–Crippen LogP) is 2.10. The molecule has 0 aromatic heterocycles. The van der Waals surface area contributed by atoms with Crippen molar-refractivity contribution >= 4 is 20.0 Å². The van der Waals surface area contributed by atoms with E-state index in [4.69, 9.17) is 4.43 Å². The average molecular weight is 271 g/mol. The summed E-state index contributed by atoms with van der Waals surface area (Å²) >= 11 is 0. The van der Waals surface area contributed by atoms with E-state index in [9.17, 15) is 9.59 Å². The SMILES string of the molecule is CC(=O)[C@H]1NC(=O)[C@@H]1C(C)O[Si](C)(C)C(C)(C)C. The van der Waals surface area contributed by atoms with Gasteiger partial charge >= 0.3 is 0 Å². The maximum Gasteiger partial charge on any atom is 0.228 e. The summed E-state index contributed by atoms with van der Waals surface area (Å²) in [4.78, 5) is 23.0. The summed E-state index contributed by atoms with van der Waals surface area (Å²) in [5.74, 6) is -0.386. The highest BCUT2D eigenvalue weighted by Gasteiger charge is 2.48. The molecule has 0 radical (unpaired) electrons. The first-order valence-corrected chi connectivity index (χ1v) is 9.37. The Labute approximate surface area is 111 Å². The first-order chi connectivity index (χ1) is 7.97. The van der Waals surface area contributed by atoms with Crippen LogP contribution in [0.5, 0.6) is 0 Å². The Morgan fingerprint density at radius 2 is 1.89 bits per heavy atom. The average Bonchev–Trinajstić information content (AvgIpc) is 2.10. The number of hydrogen-bond donors (Lipinski definition) is 1. The lowest BCUT2D eigenvalue weighted by Crippen LogP contribution is -2.66. The fourth-order valence-corrected chi connectivity index (χ4v) is 3.38. The van der Waals surface area contributed by atoms with Crippen LogP contribution in [0.15, 0.2) is 0 Å². The van der Waals surface area contributed by atoms with Crippen molar-refractivity contribution in [1.29, 1.82) is 0 Å². The van der Waals surface area contributed by atoms with E-state index in [1.54, 1.807) is 0 Å². The van der Waals surface area contributed by atoms with Crippen LogP contribution in [0.4, 0.5) is 0 Å². The molecular formula is C13H25NO3Si. The van der Waals surface area contributed by atoms with Crippen LogP contribution in [0.2, 0.25) is 18.1 Å². The minimum atomic E-state index is -1.90. The fourth-order valence-electron chi connectivity index (χ4n) is 1.95. The first-order valence-electron chi connectivity index (χ1n) is 6.46. The van der Waals surface area contributed by atoms with Crippen molar-refractivity contribution in [3.8, 4) is 0 Å². The Kier molecular flexibility index (Phi) is 4.08. The smallest absolute Gasteiger partial charge is 0.228 e. The third-order valence-electron chi connectivity index (χ3n) is 4.19. The molecule has 1 amide bonds. The van der Waals surface area contributed by atoms with Gasteiger partial charge < -0.3 is 9.74 Å². The van der Waals surface area contributed by atoms with E-state index >= 15 is 0 Å². The van der Waals surface area contributed by atoms with Crippen molar-refractivity contribution in [3.63, 3.8) is 0 Å². The normalized spacial score (nSPS) is 26.3. The maximum absolute atomic E-state index is 11.6. The first kappa shape index (κ1) is 15.4. The molecule has 1 N–H and O–H groups in total. The number of ketones is 1. The third kappa shape index (κ3) is 2.83. The minimum absolute atomic E-state index is 0.00489. The summed E-state index contributed by atoms with van der Waals surface area (Å²) in [6.07, 6.45) is -0.200. The maximum atomic E-state index is 11.6. The molecule has 5 heteroatoms. The molecule has 1 rings (SSSR count). The third-order valence-corrected chi connectivity index (χ3v) is 8.76. The van der Waals surface area contributed by atoms with Gasteiger partial charge in [0, 0.05) is 0 Å². The molecule has 1 aliphatic rings. The number of Topliss-reactive ketones (excluding diaryl/α,β-unsaturated/α-hetero) is 1. The molecule has 1 unspecified atom stereocenters. The molecule has 1 saturated heterocycles. The Hall–Kier alpha value is -0.683. The molecule has 1 heterocycles. The van der Waals surface area contributed by atoms with Crippen LogP contribution in [0.25, 0.3) is 0 Å². The summed E-state index contributed by atoms with van der Waals surface area (Å²) in [5.41, 5.74) is 0. The van der Waals surface area contributed by atoms with Crippen LogP contribution >= 0.6 is 0 Å². The Morgan fingerprint density at radius 3 is 2.22 bits per heavy atom. The molecule has 3 atom stereocenters. The molecule has 0 spiro atoms. The van der Waals surface area contributed by atoms with Gasteiger partial charge in [0.1, 0.15) is 6.04 Å².